The predicted molar refractivity (Wildman–Crippen MR) is 109 cm³/mol. The Bertz CT molecular complexity index is 754. The first-order valence-electron chi connectivity index (χ1n) is 9.15. The number of benzene rings is 2. The van der Waals surface area contributed by atoms with Crippen molar-refractivity contribution in [3.63, 3.8) is 0 Å². The molecule has 2 aromatic carbocycles. The smallest absolute Gasteiger partial charge is 0.369 e. The highest BCUT2D eigenvalue weighted by Crippen LogP contribution is 2.10. The maximum absolute atomic E-state index is 12.1. The molecule has 0 heterocycles. The molecule has 0 aliphatic heterocycles. The first-order valence-corrected chi connectivity index (χ1v) is 11.5. The molecule has 0 saturated heterocycles. The van der Waals surface area contributed by atoms with Crippen molar-refractivity contribution in [2.75, 3.05) is 13.2 Å². The molecule has 2 rings (SSSR count). The second-order valence-corrected chi connectivity index (χ2v) is 9.24. The summed E-state index contributed by atoms with van der Waals surface area (Å²) in [5.41, 5.74) is 2.45. The topological polar surface area (TPSA) is 57.1 Å². The second kappa shape index (κ2) is 10.2. The van der Waals surface area contributed by atoms with Crippen LogP contribution >= 0.6 is 0 Å². The Morgan fingerprint density at radius 1 is 0.963 bits per heavy atom. The summed E-state index contributed by atoms with van der Waals surface area (Å²) in [4.78, 5) is 17.1. The van der Waals surface area contributed by atoms with E-state index in [-0.39, 0.29) is 6.42 Å². The van der Waals surface area contributed by atoms with Crippen LogP contribution in [0, 0.1) is 0 Å². The van der Waals surface area contributed by atoms with Crippen LogP contribution in [0.2, 0.25) is 6.55 Å². The van der Waals surface area contributed by atoms with Gasteiger partial charge < -0.3 is 13.7 Å². The Hall–Kier alpha value is -2.28. The zero-order valence-corrected chi connectivity index (χ0v) is 17.4. The first kappa shape index (κ1) is 21.0. The van der Waals surface area contributed by atoms with Gasteiger partial charge in [-0.25, -0.2) is 4.79 Å². The number of carbonyl (C=O) groups excluding carboxylic acids is 1. The number of rotatable bonds is 9. The van der Waals surface area contributed by atoms with Gasteiger partial charge in [-0.3, -0.25) is 0 Å². The second-order valence-electron chi connectivity index (χ2n) is 6.19. The highest BCUT2D eigenvalue weighted by molar-refractivity contribution is 6.79. The lowest BCUT2D eigenvalue weighted by atomic mass is 10.1. The van der Waals surface area contributed by atoms with E-state index in [4.69, 9.17) is 13.7 Å². The summed E-state index contributed by atoms with van der Waals surface area (Å²) < 4.78 is 11.8. The quantitative estimate of drug-likeness (QED) is 0.287. The van der Waals surface area contributed by atoms with Crippen molar-refractivity contribution in [2.45, 2.75) is 33.7 Å². The van der Waals surface area contributed by atoms with E-state index in [9.17, 15) is 4.79 Å². The van der Waals surface area contributed by atoms with Gasteiger partial charge in [0.25, 0.3) is 0 Å². The molecule has 0 aliphatic rings. The summed E-state index contributed by atoms with van der Waals surface area (Å²) in [6.45, 7) is 8.99. The largest absolute Gasteiger partial charge is 0.391 e. The van der Waals surface area contributed by atoms with E-state index in [0.717, 1.165) is 16.3 Å². The minimum Gasteiger partial charge on any atom is -0.391 e. The van der Waals surface area contributed by atoms with Crippen LogP contribution in [0.1, 0.15) is 31.9 Å². The Labute approximate surface area is 162 Å². The summed E-state index contributed by atoms with van der Waals surface area (Å²) in [6.07, 6.45) is 0.160. The molecular formula is C21H27NO4Si. The van der Waals surface area contributed by atoms with Crippen LogP contribution in [0.15, 0.2) is 59.8 Å². The molecule has 0 spiro atoms. The van der Waals surface area contributed by atoms with E-state index < -0.39 is 14.5 Å². The van der Waals surface area contributed by atoms with Gasteiger partial charge in [0.1, 0.15) is 0 Å². The fraction of sp³-hybridized carbons (Fsp3) is 0.333. The van der Waals surface area contributed by atoms with E-state index >= 15 is 0 Å². The Morgan fingerprint density at radius 3 is 2.11 bits per heavy atom. The maximum Gasteiger partial charge on any atom is 0.369 e. The van der Waals surface area contributed by atoms with Crippen molar-refractivity contribution < 1.29 is 18.5 Å². The van der Waals surface area contributed by atoms with Crippen LogP contribution in [0.5, 0.6) is 0 Å². The third-order valence-corrected chi connectivity index (χ3v) is 7.20. The average Bonchev–Trinajstić information content (AvgIpc) is 2.67. The fourth-order valence-electron chi connectivity index (χ4n) is 2.73. The molecule has 0 fully saturated rings. The van der Waals surface area contributed by atoms with E-state index in [1.165, 1.54) is 0 Å². The van der Waals surface area contributed by atoms with Crippen molar-refractivity contribution in [3.05, 3.63) is 65.7 Å². The van der Waals surface area contributed by atoms with Crippen LogP contribution in [0.4, 0.5) is 0 Å². The zero-order valence-electron chi connectivity index (χ0n) is 16.4. The number of oxime groups is 1. The molecule has 0 N–H and O–H groups in total. The molecule has 0 saturated carbocycles. The zero-order chi connectivity index (χ0) is 19.7. The fourth-order valence-corrected chi connectivity index (χ4v) is 5.03. The summed E-state index contributed by atoms with van der Waals surface area (Å²) in [5.74, 6) is -0.396. The van der Waals surface area contributed by atoms with Crippen LogP contribution < -0.4 is 5.19 Å². The van der Waals surface area contributed by atoms with Crippen LogP contribution in [0.25, 0.3) is 0 Å². The lowest BCUT2D eigenvalue weighted by molar-refractivity contribution is -0.142. The van der Waals surface area contributed by atoms with E-state index in [1.807, 2.05) is 81.9 Å². The molecule has 0 atom stereocenters. The summed E-state index contributed by atoms with van der Waals surface area (Å²) in [5, 5.41) is 4.97. The third kappa shape index (κ3) is 6.13. The Kier molecular flexibility index (Phi) is 7.91. The van der Waals surface area contributed by atoms with E-state index in [2.05, 4.69) is 5.16 Å². The standard InChI is InChI=1S/C21H27NO4Si/c1-5-24-27(4,25-6-2)20-14-12-18(13-15-20)16-21(23)26-22-17(3)19-10-8-7-9-11-19/h7-15H,5-6,16H2,1-4H3. The third-order valence-electron chi connectivity index (χ3n) is 4.14. The highest BCUT2D eigenvalue weighted by Gasteiger charge is 2.33. The van der Waals surface area contributed by atoms with Gasteiger partial charge in [-0.15, -0.1) is 0 Å². The van der Waals surface area contributed by atoms with E-state index in [0.29, 0.717) is 18.9 Å². The highest BCUT2D eigenvalue weighted by atomic mass is 28.4. The van der Waals surface area contributed by atoms with Crippen molar-refractivity contribution in [2.24, 2.45) is 5.16 Å². The molecule has 5 nitrogen and oxygen atoms in total. The van der Waals surface area contributed by atoms with E-state index in [1.54, 1.807) is 0 Å². The predicted octanol–water partition coefficient (Wildman–Crippen LogP) is 3.55. The normalized spacial score (nSPS) is 12.1. The number of carbonyl (C=O) groups is 1. The molecule has 0 bridgehead atoms. The minimum atomic E-state index is -2.39. The van der Waals surface area contributed by atoms with Gasteiger partial charge in [0, 0.05) is 13.2 Å². The van der Waals surface area contributed by atoms with Crippen molar-refractivity contribution in [3.8, 4) is 0 Å². The van der Waals surface area contributed by atoms with Gasteiger partial charge in [0.05, 0.1) is 12.1 Å². The summed E-state index contributed by atoms with van der Waals surface area (Å²) in [6, 6.07) is 17.4. The summed E-state index contributed by atoms with van der Waals surface area (Å²) >= 11 is 0. The van der Waals surface area contributed by atoms with Gasteiger partial charge in [0.2, 0.25) is 0 Å². The lowest BCUT2D eigenvalue weighted by Gasteiger charge is -2.26. The van der Waals surface area contributed by atoms with Gasteiger partial charge in [-0.1, -0.05) is 59.8 Å². The SMILES string of the molecule is CCO[Si](C)(OCC)c1ccc(CC(=O)ON=C(C)c2ccccc2)cc1. The molecule has 0 aliphatic carbocycles. The molecule has 0 aromatic heterocycles. The summed E-state index contributed by atoms with van der Waals surface area (Å²) in [7, 11) is -2.39. The molecule has 0 radical (unpaired) electrons. The van der Waals surface area contributed by atoms with Crippen LogP contribution in [-0.2, 0) is 24.9 Å². The molecule has 27 heavy (non-hydrogen) atoms. The maximum atomic E-state index is 12.1. The molecule has 2 aromatic rings. The number of nitrogens with zero attached hydrogens (tertiary/aromatic N) is 1. The van der Waals surface area contributed by atoms with Crippen LogP contribution in [-0.4, -0.2) is 33.5 Å². The van der Waals surface area contributed by atoms with Gasteiger partial charge in [-0.05, 0) is 43.6 Å². The Balaban J connectivity index is 1.98. The molecule has 0 unspecified atom stereocenters. The lowest BCUT2D eigenvalue weighted by Crippen LogP contribution is -2.51. The van der Waals surface area contributed by atoms with Gasteiger partial charge in [0.15, 0.2) is 0 Å². The molecule has 144 valence electrons. The van der Waals surface area contributed by atoms with Crippen molar-refractivity contribution >= 4 is 25.4 Å². The number of hydrogen-bond donors (Lipinski definition) is 0. The molecular weight excluding hydrogens is 358 g/mol. The monoisotopic (exact) mass is 385 g/mol. The average molecular weight is 386 g/mol. The first-order chi connectivity index (χ1) is 13.0. The Morgan fingerprint density at radius 2 is 1.56 bits per heavy atom. The molecule has 6 heteroatoms. The van der Waals surface area contributed by atoms with Crippen molar-refractivity contribution in [1.82, 2.24) is 0 Å². The minimum absolute atomic E-state index is 0.160. The molecule has 0 amide bonds. The van der Waals surface area contributed by atoms with Crippen LogP contribution in [0.3, 0.4) is 0 Å². The van der Waals surface area contributed by atoms with Gasteiger partial charge in [-0.2, -0.15) is 0 Å². The van der Waals surface area contributed by atoms with Gasteiger partial charge >= 0.3 is 14.5 Å². The van der Waals surface area contributed by atoms with Crippen molar-refractivity contribution in [1.29, 1.82) is 0 Å². The number of hydrogen-bond acceptors (Lipinski definition) is 5.